The molecule has 1 saturated heterocycles. The van der Waals surface area contributed by atoms with Crippen molar-refractivity contribution in [2.45, 2.75) is 61.6 Å². The number of hydrogen-bond donors (Lipinski definition) is 2. The Morgan fingerprint density at radius 1 is 1.08 bits per heavy atom. The van der Waals surface area contributed by atoms with Crippen molar-refractivity contribution in [3.8, 4) is 0 Å². The van der Waals surface area contributed by atoms with Gasteiger partial charge < -0.3 is 10.4 Å². The van der Waals surface area contributed by atoms with Crippen molar-refractivity contribution in [1.29, 1.82) is 0 Å². The zero-order valence-electron chi connectivity index (χ0n) is 14.3. The van der Waals surface area contributed by atoms with E-state index in [1.165, 1.54) is 12.7 Å². The number of benzene rings is 1. The van der Waals surface area contributed by atoms with E-state index in [2.05, 4.69) is 10.2 Å². The topological polar surface area (TPSA) is 69.6 Å². The summed E-state index contributed by atoms with van der Waals surface area (Å²) in [5.41, 5.74) is 0.705. The van der Waals surface area contributed by atoms with E-state index in [0.717, 1.165) is 45.2 Å². The van der Waals surface area contributed by atoms with E-state index in [1.54, 1.807) is 12.1 Å². The van der Waals surface area contributed by atoms with Crippen LogP contribution in [0.4, 0.5) is 5.69 Å². The van der Waals surface area contributed by atoms with Crippen LogP contribution in [-0.4, -0.2) is 56.0 Å². The first-order chi connectivity index (χ1) is 11.4. The molecule has 2 atom stereocenters. The molecule has 0 radical (unpaired) electrons. The fourth-order valence-electron chi connectivity index (χ4n) is 4.02. The van der Waals surface area contributed by atoms with Gasteiger partial charge in [-0.1, -0.05) is 25.0 Å². The fourth-order valence-corrected chi connectivity index (χ4v) is 4.87. The van der Waals surface area contributed by atoms with E-state index in [0.29, 0.717) is 16.6 Å². The average Bonchev–Trinajstić information content (AvgIpc) is 2.56. The summed E-state index contributed by atoms with van der Waals surface area (Å²) >= 11 is 0. The molecule has 1 saturated carbocycles. The molecule has 0 bridgehead atoms. The number of likely N-dealkylation sites (tertiary alicyclic amines) is 1. The maximum Gasteiger partial charge on any atom is 0.177 e. The zero-order chi connectivity index (χ0) is 17.2. The molecule has 5 nitrogen and oxygen atoms in total. The van der Waals surface area contributed by atoms with E-state index < -0.39 is 9.84 Å². The van der Waals surface area contributed by atoms with Gasteiger partial charge in [-0.05, 0) is 37.8 Å². The van der Waals surface area contributed by atoms with Crippen LogP contribution in [0, 0.1) is 0 Å². The highest BCUT2D eigenvalue weighted by atomic mass is 32.2. The van der Waals surface area contributed by atoms with Crippen LogP contribution in [0.2, 0.25) is 0 Å². The van der Waals surface area contributed by atoms with Gasteiger partial charge in [0.2, 0.25) is 0 Å². The lowest BCUT2D eigenvalue weighted by atomic mass is 9.89. The van der Waals surface area contributed by atoms with Crippen molar-refractivity contribution in [3.05, 3.63) is 24.3 Å². The van der Waals surface area contributed by atoms with E-state index in [9.17, 15) is 13.5 Å². The summed E-state index contributed by atoms with van der Waals surface area (Å²) in [6.45, 7) is 1.92. The highest BCUT2D eigenvalue weighted by Crippen LogP contribution is 2.28. The van der Waals surface area contributed by atoms with E-state index in [-0.39, 0.29) is 12.1 Å². The molecule has 24 heavy (non-hydrogen) atoms. The lowest BCUT2D eigenvalue weighted by Crippen LogP contribution is -2.50. The molecule has 2 unspecified atom stereocenters. The standard InChI is InChI=1S/C18H28N2O3S/c1-24(22,23)18-9-5-2-6-15(18)19-14-10-12-20(13-11-14)16-7-3-4-8-17(16)21/h2,5-6,9,14,16-17,19,21H,3-4,7-8,10-13H2,1H3. The van der Waals surface area contributed by atoms with Gasteiger partial charge in [-0.25, -0.2) is 8.42 Å². The van der Waals surface area contributed by atoms with Gasteiger partial charge in [0, 0.05) is 31.4 Å². The Bertz CT molecular complexity index is 654. The van der Waals surface area contributed by atoms with Gasteiger partial charge in [-0.2, -0.15) is 0 Å². The second-order valence-corrected chi connectivity index (χ2v) is 9.13. The first-order valence-electron chi connectivity index (χ1n) is 8.93. The van der Waals surface area contributed by atoms with Gasteiger partial charge in [0.1, 0.15) is 0 Å². The van der Waals surface area contributed by atoms with Crippen LogP contribution < -0.4 is 5.32 Å². The Balaban J connectivity index is 1.60. The maximum absolute atomic E-state index is 11.9. The molecule has 0 spiro atoms. The van der Waals surface area contributed by atoms with Crippen molar-refractivity contribution in [2.75, 3.05) is 24.7 Å². The van der Waals surface area contributed by atoms with Crippen molar-refractivity contribution in [3.63, 3.8) is 0 Å². The number of aliphatic hydroxyl groups excluding tert-OH is 1. The molecule has 0 aromatic heterocycles. The lowest BCUT2D eigenvalue weighted by Gasteiger charge is -2.41. The van der Waals surface area contributed by atoms with Crippen LogP contribution in [0.3, 0.4) is 0 Å². The quantitative estimate of drug-likeness (QED) is 0.870. The molecule has 0 amide bonds. The lowest BCUT2D eigenvalue weighted by molar-refractivity contribution is 0.00993. The second kappa shape index (κ2) is 7.42. The molecule has 1 aromatic rings. The Kier molecular flexibility index (Phi) is 5.47. The fraction of sp³-hybridized carbons (Fsp3) is 0.667. The third-order valence-electron chi connectivity index (χ3n) is 5.34. The van der Waals surface area contributed by atoms with Crippen LogP contribution >= 0.6 is 0 Å². The third kappa shape index (κ3) is 4.10. The highest BCUT2D eigenvalue weighted by Gasteiger charge is 2.31. The summed E-state index contributed by atoms with van der Waals surface area (Å²) < 4.78 is 23.8. The number of aliphatic hydroxyl groups is 1. The highest BCUT2D eigenvalue weighted by molar-refractivity contribution is 7.90. The Morgan fingerprint density at radius 3 is 2.42 bits per heavy atom. The number of rotatable bonds is 4. The minimum atomic E-state index is -3.23. The number of para-hydroxylation sites is 1. The normalized spacial score (nSPS) is 27.1. The van der Waals surface area contributed by atoms with Gasteiger partial charge in [0.05, 0.1) is 16.7 Å². The van der Waals surface area contributed by atoms with Crippen LogP contribution in [0.5, 0.6) is 0 Å². The number of hydrogen-bond acceptors (Lipinski definition) is 5. The van der Waals surface area contributed by atoms with Gasteiger partial charge in [-0.15, -0.1) is 0 Å². The summed E-state index contributed by atoms with van der Waals surface area (Å²) in [5.74, 6) is 0. The molecular weight excluding hydrogens is 324 g/mol. The Hall–Kier alpha value is -1.11. The number of nitrogens with one attached hydrogen (secondary N) is 1. The average molecular weight is 353 g/mol. The second-order valence-electron chi connectivity index (χ2n) is 7.14. The molecule has 6 heteroatoms. The maximum atomic E-state index is 11.9. The van der Waals surface area contributed by atoms with Crippen LogP contribution in [-0.2, 0) is 9.84 Å². The minimum absolute atomic E-state index is 0.186. The Morgan fingerprint density at radius 2 is 1.75 bits per heavy atom. The number of nitrogens with zero attached hydrogens (tertiary/aromatic N) is 1. The SMILES string of the molecule is CS(=O)(=O)c1ccccc1NC1CCN(C2CCCCC2O)CC1. The molecule has 1 aliphatic heterocycles. The van der Waals surface area contributed by atoms with Gasteiger partial charge in [0.15, 0.2) is 9.84 Å². The van der Waals surface area contributed by atoms with E-state index in [4.69, 9.17) is 0 Å². The molecule has 1 heterocycles. The predicted molar refractivity (Wildman–Crippen MR) is 96.0 cm³/mol. The molecule has 1 aliphatic carbocycles. The van der Waals surface area contributed by atoms with Gasteiger partial charge in [-0.3, -0.25) is 4.90 Å². The predicted octanol–water partition coefficient (Wildman–Crippen LogP) is 2.27. The molecule has 2 aliphatic rings. The third-order valence-corrected chi connectivity index (χ3v) is 6.49. The zero-order valence-corrected chi connectivity index (χ0v) is 15.1. The molecular formula is C18H28N2O3S. The van der Waals surface area contributed by atoms with Crippen LogP contribution in [0.25, 0.3) is 0 Å². The summed E-state index contributed by atoms with van der Waals surface area (Å²) in [6, 6.07) is 7.71. The van der Waals surface area contributed by atoms with Crippen molar-refractivity contribution >= 4 is 15.5 Å². The molecule has 134 valence electrons. The van der Waals surface area contributed by atoms with E-state index in [1.807, 2.05) is 12.1 Å². The van der Waals surface area contributed by atoms with Crippen LogP contribution in [0.1, 0.15) is 38.5 Å². The summed E-state index contributed by atoms with van der Waals surface area (Å²) in [6.07, 6.45) is 7.37. The van der Waals surface area contributed by atoms with Crippen molar-refractivity contribution in [1.82, 2.24) is 4.90 Å². The number of piperidine rings is 1. The monoisotopic (exact) mass is 352 g/mol. The smallest absolute Gasteiger partial charge is 0.177 e. The van der Waals surface area contributed by atoms with Gasteiger partial charge in [0.25, 0.3) is 0 Å². The molecule has 1 aromatic carbocycles. The molecule has 2 N–H and O–H groups in total. The minimum Gasteiger partial charge on any atom is -0.391 e. The van der Waals surface area contributed by atoms with Crippen molar-refractivity contribution in [2.24, 2.45) is 0 Å². The molecule has 2 fully saturated rings. The number of anilines is 1. The first-order valence-corrected chi connectivity index (χ1v) is 10.8. The van der Waals surface area contributed by atoms with Crippen molar-refractivity contribution < 1.29 is 13.5 Å². The molecule has 3 rings (SSSR count). The van der Waals surface area contributed by atoms with Crippen LogP contribution in [0.15, 0.2) is 29.2 Å². The largest absolute Gasteiger partial charge is 0.391 e. The number of sulfone groups is 1. The summed E-state index contributed by atoms with van der Waals surface area (Å²) in [5, 5.41) is 13.6. The summed E-state index contributed by atoms with van der Waals surface area (Å²) in [4.78, 5) is 2.79. The van der Waals surface area contributed by atoms with Gasteiger partial charge >= 0.3 is 0 Å². The van der Waals surface area contributed by atoms with E-state index >= 15 is 0 Å². The summed E-state index contributed by atoms with van der Waals surface area (Å²) in [7, 11) is -3.23. The first kappa shape index (κ1) is 17.7. The Labute approximate surface area is 145 Å².